The molecule has 1 atom stereocenters. The molecule has 0 aromatic carbocycles. The lowest BCUT2D eigenvalue weighted by Crippen LogP contribution is -2.43. The van der Waals surface area contributed by atoms with Crippen LogP contribution in [0.4, 0.5) is 0 Å². The Kier molecular flexibility index (Phi) is 2.83. The van der Waals surface area contributed by atoms with Crippen LogP contribution in [0.25, 0.3) is 0 Å². The highest BCUT2D eigenvalue weighted by Crippen LogP contribution is 2.64. The molecule has 0 N–H and O–H groups in total. The van der Waals surface area contributed by atoms with E-state index < -0.39 is 0 Å². The standard InChI is InChI=1S/C14H25N3/c1-6-14(9-17-11-15-10-16-17)8-7-12(2,3)13(14,4)5/h10-11H,6-9H2,1-5H3. The van der Waals surface area contributed by atoms with Crippen molar-refractivity contribution in [3.05, 3.63) is 12.7 Å². The highest BCUT2D eigenvalue weighted by atomic mass is 15.3. The molecule has 0 amide bonds. The minimum atomic E-state index is 0.334. The number of hydrogen-bond donors (Lipinski definition) is 0. The van der Waals surface area contributed by atoms with Crippen LogP contribution in [0.3, 0.4) is 0 Å². The Morgan fingerprint density at radius 1 is 1.18 bits per heavy atom. The molecule has 0 aliphatic heterocycles. The van der Waals surface area contributed by atoms with Gasteiger partial charge in [-0.3, -0.25) is 4.68 Å². The SMILES string of the molecule is CCC1(Cn2cncn2)CCC(C)(C)C1(C)C. The normalized spacial score (nSPS) is 30.6. The smallest absolute Gasteiger partial charge is 0.137 e. The monoisotopic (exact) mass is 235 g/mol. The van der Waals surface area contributed by atoms with Gasteiger partial charge in [-0.25, -0.2) is 4.98 Å². The van der Waals surface area contributed by atoms with Crippen molar-refractivity contribution in [1.82, 2.24) is 14.8 Å². The molecule has 1 unspecified atom stereocenters. The molecule has 96 valence electrons. The van der Waals surface area contributed by atoms with Crippen LogP contribution < -0.4 is 0 Å². The fourth-order valence-electron chi connectivity index (χ4n) is 3.53. The summed E-state index contributed by atoms with van der Waals surface area (Å²) in [6, 6.07) is 0. The molecule has 1 fully saturated rings. The molecule has 0 spiro atoms. The number of aromatic nitrogens is 3. The topological polar surface area (TPSA) is 30.7 Å². The first-order chi connectivity index (χ1) is 7.85. The third-order valence-electron chi connectivity index (χ3n) is 5.85. The molecular weight excluding hydrogens is 210 g/mol. The highest BCUT2D eigenvalue weighted by molar-refractivity contribution is 5.05. The van der Waals surface area contributed by atoms with Crippen molar-refractivity contribution in [3.63, 3.8) is 0 Å². The van der Waals surface area contributed by atoms with E-state index in [1.54, 1.807) is 6.33 Å². The molecule has 0 saturated heterocycles. The Labute approximate surface area is 105 Å². The second-order valence-electron chi connectivity index (χ2n) is 6.74. The summed E-state index contributed by atoms with van der Waals surface area (Å²) in [6.07, 6.45) is 7.30. The second kappa shape index (κ2) is 3.82. The van der Waals surface area contributed by atoms with Crippen molar-refractivity contribution < 1.29 is 0 Å². The van der Waals surface area contributed by atoms with E-state index in [9.17, 15) is 0 Å². The number of hydrogen-bond acceptors (Lipinski definition) is 2. The van der Waals surface area contributed by atoms with Gasteiger partial charge in [-0.15, -0.1) is 0 Å². The summed E-state index contributed by atoms with van der Waals surface area (Å²) in [7, 11) is 0. The first-order valence-corrected chi connectivity index (χ1v) is 6.67. The molecule has 1 aliphatic carbocycles. The fraction of sp³-hybridized carbons (Fsp3) is 0.857. The van der Waals surface area contributed by atoms with Gasteiger partial charge < -0.3 is 0 Å². The summed E-state index contributed by atoms with van der Waals surface area (Å²) in [5, 5.41) is 4.29. The third-order valence-corrected chi connectivity index (χ3v) is 5.85. The van der Waals surface area contributed by atoms with Gasteiger partial charge in [-0.1, -0.05) is 34.6 Å². The average Bonchev–Trinajstić information content (AvgIpc) is 2.81. The zero-order chi connectivity index (χ0) is 12.7. The first kappa shape index (κ1) is 12.6. The summed E-state index contributed by atoms with van der Waals surface area (Å²) in [5.74, 6) is 0. The minimum absolute atomic E-state index is 0.334. The predicted molar refractivity (Wildman–Crippen MR) is 69.5 cm³/mol. The van der Waals surface area contributed by atoms with Crippen LogP contribution in [0.15, 0.2) is 12.7 Å². The van der Waals surface area contributed by atoms with Gasteiger partial charge in [-0.05, 0) is 35.5 Å². The third kappa shape index (κ3) is 1.71. The molecule has 17 heavy (non-hydrogen) atoms. The van der Waals surface area contributed by atoms with Crippen LogP contribution in [0.1, 0.15) is 53.9 Å². The average molecular weight is 235 g/mol. The van der Waals surface area contributed by atoms with Gasteiger partial charge in [0.05, 0.1) is 0 Å². The van der Waals surface area contributed by atoms with Gasteiger partial charge in [0, 0.05) is 6.54 Å². The van der Waals surface area contributed by atoms with E-state index in [1.165, 1.54) is 19.3 Å². The quantitative estimate of drug-likeness (QED) is 0.802. The maximum absolute atomic E-state index is 4.29. The summed E-state index contributed by atoms with van der Waals surface area (Å²) in [4.78, 5) is 4.07. The van der Waals surface area contributed by atoms with Crippen molar-refractivity contribution >= 4 is 0 Å². The molecule has 1 aromatic heterocycles. The lowest BCUT2D eigenvalue weighted by molar-refractivity contribution is 0.00485. The van der Waals surface area contributed by atoms with Crippen LogP contribution in [-0.4, -0.2) is 14.8 Å². The van der Waals surface area contributed by atoms with Crippen molar-refractivity contribution in [2.45, 2.75) is 60.4 Å². The zero-order valence-electron chi connectivity index (χ0n) is 11.8. The zero-order valence-corrected chi connectivity index (χ0v) is 11.8. The summed E-state index contributed by atoms with van der Waals surface area (Å²) < 4.78 is 2.01. The Hall–Kier alpha value is -0.860. The Balaban J connectivity index is 2.33. The van der Waals surface area contributed by atoms with Gasteiger partial charge in [0.15, 0.2) is 0 Å². The van der Waals surface area contributed by atoms with E-state index in [2.05, 4.69) is 44.7 Å². The van der Waals surface area contributed by atoms with E-state index in [1.807, 2.05) is 11.0 Å². The fourth-order valence-corrected chi connectivity index (χ4v) is 3.53. The van der Waals surface area contributed by atoms with E-state index in [0.29, 0.717) is 16.2 Å². The van der Waals surface area contributed by atoms with Crippen LogP contribution in [0.2, 0.25) is 0 Å². The molecular formula is C14H25N3. The van der Waals surface area contributed by atoms with Gasteiger partial charge >= 0.3 is 0 Å². The summed E-state index contributed by atoms with van der Waals surface area (Å²) in [5.41, 5.74) is 1.09. The van der Waals surface area contributed by atoms with Crippen LogP contribution >= 0.6 is 0 Å². The molecule has 0 bridgehead atoms. The molecule has 1 saturated carbocycles. The van der Waals surface area contributed by atoms with Gasteiger partial charge in [0.25, 0.3) is 0 Å². The molecule has 1 aromatic rings. The molecule has 1 heterocycles. The predicted octanol–water partition coefficient (Wildman–Crippen LogP) is 3.52. The van der Waals surface area contributed by atoms with Gasteiger partial charge in [0.2, 0.25) is 0 Å². The molecule has 3 heteroatoms. The number of rotatable bonds is 3. The van der Waals surface area contributed by atoms with E-state index in [4.69, 9.17) is 0 Å². The van der Waals surface area contributed by atoms with Gasteiger partial charge in [-0.2, -0.15) is 5.10 Å². The second-order valence-corrected chi connectivity index (χ2v) is 6.74. The van der Waals surface area contributed by atoms with Crippen molar-refractivity contribution in [2.75, 3.05) is 0 Å². The maximum atomic E-state index is 4.29. The molecule has 1 aliphatic rings. The Bertz CT molecular complexity index is 378. The van der Waals surface area contributed by atoms with Crippen molar-refractivity contribution in [3.8, 4) is 0 Å². The van der Waals surface area contributed by atoms with E-state index >= 15 is 0 Å². The maximum Gasteiger partial charge on any atom is 0.137 e. The van der Waals surface area contributed by atoms with E-state index in [-0.39, 0.29) is 0 Å². The van der Waals surface area contributed by atoms with E-state index in [0.717, 1.165) is 6.54 Å². The van der Waals surface area contributed by atoms with Crippen LogP contribution in [-0.2, 0) is 6.54 Å². The molecule has 2 rings (SSSR count). The summed E-state index contributed by atoms with van der Waals surface area (Å²) >= 11 is 0. The largest absolute Gasteiger partial charge is 0.252 e. The summed E-state index contributed by atoms with van der Waals surface area (Å²) in [6.45, 7) is 13.0. The Morgan fingerprint density at radius 2 is 1.88 bits per heavy atom. The Morgan fingerprint density at radius 3 is 2.29 bits per heavy atom. The van der Waals surface area contributed by atoms with Crippen molar-refractivity contribution in [1.29, 1.82) is 0 Å². The van der Waals surface area contributed by atoms with Crippen LogP contribution in [0.5, 0.6) is 0 Å². The van der Waals surface area contributed by atoms with Gasteiger partial charge in [0.1, 0.15) is 12.7 Å². The minimum Gasteiger partial charge on any atom is -0.252 e. The highest BCUT2D eigenvalue weighted by Gasteiger charge is 2.57. The van der Waals surface area contributed by atoms with Crippen molar-refractivity contribution in [2.24, 2.45) is 16.2 Å². The molecule has 0 radical (unpaired) electrons. The lowest BCUT2D eigenvalue weighted by Gasteiger charge is -2.47. The number of nitrogens with zero attached hydrogens (tertiary/aromatic N) is 3. The molecule has 3 nitrogen and oxygen atoms in total. The lowest BCUT2D eigenvalue weighted by atomic mass is 9.58. The first-order valence-electron chi connectivity index (χ1n) is 6.67. The van der Waals surface area contributed by atoms with Crippen LogP contribution in [0, 0.1) is 16.2 Å².